The molecule has 15 heavy (non-hydrogen) atoms. The fourth-order valence-corrected chi connectivity index (χ4v) is 4.04. The lowest BCUT2D eigenvalue weighted by molar-refractivity contribution is -0.116. The third-order valence-corrected chi connectivity index (χ3v) is 4.77. The zero-order valence-electron chi connectivity index (χ0n) is 8.86. The second-order valence-corrected chi connectivity index (χ2v) is 6.30. The quantitative estimate of drug-likeness (QED) is 0.812. The van der Waals surface area contributed by atoms with Crippen LogP contribution < -0.4 is 0 Å². The molecule has 2 heterocycles. The van der Waals surface area contributed by atoms with Gasteiger partial charge in [-0.3, -0.25) is 4.79 Å². The fourth-order valence-electron chi connectivity index (χ4n) is 1.78. The minimum Gasteiger partial charge on any atom is -0.300 e. The number of carbonyl (C=O) groups is 1. The molecule has 0 spiro atoms. The van der Waals surface area contributed by atoms with E-state index in [1.165, 1.54) is 23.6 Å². The first-order valence-electron chi connectivity index (χ1n) is 5.28. The zero-order valence-corrected chi connectivity index (χ0v) is 10.5. The Morgan fingerprint density at radius 2 is 2.53 bits per heavy atom. The lowest BCUT2D eigenvalue weighted by Gasteiger charge is -2.03. The average Bonchev–Trinajstić information content (AvgIpc) is 2.77. The van der Waals surface area contributed by atoms with Crippen LogP contribution in [0.25, 0.3) is 0 Å². The van der Waals surface area contributed by atoms with E-state index < -0.39 is 0 Å². The molecule has 0 aliphatic carbocycles. The third kappa shape index (κ3) is 3.31. The van der Waals surface area contributed by atoms with E-state index in [1.54, 1.807) is 18.3 Å². The van der Waals surface area contributed by atoms with Gasteiger partial charge in [0.1, 0.15) is 5.78 Å². The van der Waals surface area contributed by atoms with Crippen molar-refractivity contribution in [3.63, 3.8) is 0 Å². The van der Waals surface area contributed by atoms with E-state index in [4.69, 9.17) is 0 Å². The minimum absolute atomic E-state index is 0.196. The smallest absolute Gasteiger partial charge is 0.135 e. The molecule has 1 aliphatic heterocycles. The monoisotopic (exact) mass is 241 g/mol. The van der Waals surface area contributed by atoms with Crippen molar-refractivity contribution in [2.24, 2.45) is 0 Å². The molecular weight excluding hydrogens is 226 g/mol. The van der Waals surface area contributed by atoms with Gasteiger partial charge in [0.25, 0.3) is 0 Å². The second-order valence-electron chi connectivity index (χ2n) is 3.95. The summed E-state index contributed by atoms with van der Waals surface area (Å²) in [6.45, 7) is 1.62. The van der Waals surface area contributed by atoms with Crippen molar-refractivity contribution in [3.05, 3.63) is 16.1 Å². The van der Waals surface area contributed by atoms with Crippen LogP contribution in [0.1, 0.15) is 30.5 Å². The Morgan fingerprint density at radius 3 is 3.20 bits per heavy atom. The number of hydrogen-bond acceptors (Lipinski definition) is 4. The van der Waals surface area contributed by atoms with Gasteiger partial charge in [-0.1, -0.05) is 0 Å². The predicted octanol–water partition coefficient (Wildman–Crippen LogP) is 2.71. The van der Waals surface area contributed by atoms with E-state index in [1.807, 2.05) is 5.38 Å². The highest BCUT2D eigenvalue weighted by atomic mass is 32.2. The summed E-state index contributed by atoms with van der Waals surface area (Å²) in [5.41, 5.74) is 0.950. The number of thiazole rings is 1. The highest BCUT2D eigenvalue weighted by molar-refractivity contribution is 8.00. The van der Waals surface area contributed by atoms with Crippen molar-refractivity contribution in [1.29, 1.82) is 0 Å². The van der Waals surface area contributed by atoms with Gasteiger partial charge in [-0.05, 0) is 25.5 Å². The molecule has 0 saturated carbocycles. The Labute approximate surface area is 98.5 Å². The van der Waals surface area contributed by atoms with Crippen molar-refractivity contribution >= 4 is 28.9 Å². The largest absolute Gasteiger partial charge is 0.300 e. The second kappa shape index (κ2) is 5.12. The van der Waals surface area contributed by atoms with E-state index in [-0.39, 0.29) is 5.78 Å². The molecular formula is C11H15NOS2. The first kappa shape index (κ1) is 11.1. The molecule has 0 aromatic carbocycles. The lowest BCUT2D eigenvalue weighted by Crippen LogP contribution is -2.02. The SMILES string of the molecule is CC(=O)Cc1csc(CC2CCCS2)n1. The normalized spacial score (nSPS) is 20.7. The van der Waals surface area contributed by atoms with Crippen molar-refractivity contribution < 1.29 is 4.79 Å². The van der Waals surface area contributed by atoms with E-state index in [0.29, 0.717) is 6.42 Å². The van der Waals surface area contributed by atoms with Crippen LogP contribution in [0.4, 0.5) is 0 Å². The zero-order chi connectivity index (χ0) is 10.7. The van der Waals surface area contributed by atoms with E-state index >= 15 is 0 Å². The number of thioether (sulfide) groups is 1. The molecule has 0 radical (unpaired) electrons. The van der Waals surface area contributed by atoms with Crippen LogP contribution in [-0.2, 0) is 17.6 Å². The van der Waals surface area contributed by atoms with E-state index in [2.05, 4.69) is 16.7 Å². The van der Waals surface area contributed by atoms with Crippen LogP contribution in [0.3, 0.4) is 0 Å². The highest BCUT2D eigenvalue weighted by Gasteiger charge is 2.17. The topological polar surface area (TPSA) is 30.0 Å². The molecule has 1 aliphatic rings. The van der Waals surface area contributed by atoms with Crippen molar-refractivity contribution in [3.8, 4) is 0 Å². The van der Waals surface area contributed by atoms with Crippen LogP contribution in [0, 0.1) is 0 Å². The third-order valence-electron chi connectivity index (χ3n) is 2.46. The number of hydrogen-bond donors (Lipinski definition) is 0. The number of Topliss-reactive ketones (excluding diaryl/α,β-unsaturated/α-hetero) is 1. The molecule has 1 fully saturated rings. The summed E-state index contributed by atoms with van der Waals surface area (Å²) in [6, 6.07) is 0. The van der Waals surface area contributed by atoms with Gasteiger partial charge in [0.05, 0.1) is 10.7 Å². The molecule has 82 valence electrons. The van der Waals surface area contributed by atoms with Crippen LogP contribution in [0.2, 0.25) is 0 Å². The molecule has 0 N–H and O–H groups in total. The van der Waals surface area contributed by atoms with Gasteiger partial charge in [-0.15, -0.1) is 11.3 Å². The summed E-state index contributed by atoms with van der Waals surface area (Å²) in [5.74, 6) is 1.50. The number of carbonyl (C=O) groups excluding carboxylic acids is 1. The van der Waals surface area contributed by atoms with E-state index in [0.717, 1.165) is 17.4 Å². The Morgan fingerprint density at radius 1 is 1.67 bits per heavy atom. The van der Waals surface area contributed by atoms with Gasteiger partial charge in [-0.2, -0.15) is 11.8 Å². The molecule has 2 nitrogen and oxygen atoms in total. The van der Waals surface area contributed by atoms with Gasteiger partial charge in [0.15, 0.2) is 0 Å². The maximum absolute atomic E-state index is 10.9. The molecule has 1 saturated heterocycles. The van der Waals surface area contributed by atoms with Crippen molar-refractivity contribution in [1.82, 2.24) is 4.98 Å². The van der Waals surface area contributed by atoms with Gasteiger partial charge in [0, 0.05) is 23.5 Å². The Hall–Kier alpha value is -0.350. The van der Waals surface area contributed by atoms with Crippen molar-refractivity contribution in [2.45, 2.75) is 37.9 Å². The maximum Gasteiger partial charge on any atom is 0.135 e. The molecule has 1 atom stereocenters. The standard InChI is InChI=1S/C11H15NOS2/c1-8(13)5-9-7-15-11(12-9)6-10-3-2-4-14-10/h7,10H,2-6H2,1H3. The van der Waals surface area contributed by atoms with Crippen LogP contribution in [0.5, 0.6) is 0 Å². The summed E-state index contributed by atoms with van der Waals surface area (Å²) in [6.07, 6.45) is 4.26. The predicted molar refractivity (Wildman–Crippen MR) is 65.7 cm³/mol. The van der Waals surface area contributed by atoms with Gasteiger partial charge in [-0.25, -0.2) is 4.98 Å². The fraction of sp³-hybridized carbons (Fsp3) is 0.636. The number of nitrogens with zero attached hydrogens (tertiary/aromatic N) is 1. The summed E-state index contributed by atoms with van der Waals surface area (Å²) in [4.78, 5) is 15.4. The summed E-state index contributed by atoms with van der Waals surface area (Å²) in [7, 11) is 0. The maximum atomic E-state index is 10.9. The Kier molecular flexibility index (Phi) is 3.81. The molecule has 4 heteroatoms. The van der Waals surface area contributed by atoms with Crippen molar-refractivity contribution in [2.75, 3.05) is 5.75 Å². The first-order chi connectivity index (χ1) is 7.24. The number of ketones is 1. The van der Waals surface area contributed by atoms with Gasteiger partial charge in [0.2, 0.25) is 0 Å². The summed E-state index contributed by atoms with van der Waals surface area (Å²) >= 11 is 3.76. The number of aromatic nitrogens is 1. The summed E-state index contributed by atoms with van der Waals surface area (Å²) < 4.78 is 0. The molecule has 0 bridgehead atoms. The molecule has 1 aromatic heterocycles. The van der Waals surface area contributed by atoms with Gasteiger partial charge >= 0.3 is 0 Å². The van der Waals surface area contributed by atoms with Crippen LogP contribution in [0.15, 0.2) is 5.38 Å². The first-order valence-corrected chi connectivity index (χ1v) is 7.21. The summed E-state index contributed by atoms with van der Waals surface area (Å²) in [5, 5.41) is 3.99. The Bertz CT molecular complexity index is 342. The van der Waals surface area contributed by atoms with Gasteiger partial charge < -0.3 is 0 Å². The number of rotatable bonds is 4. The minimum atomic E-state index is 0.196. The van der Waals surface area contributed by atoms with Crippen LogP contribution in [-0.4, -0.2) is 21.8 Å². The average molecular weight is 241 g/mol. The molecule has 1 aromatic rings. The molecule has 1 unspecified atom stereocenters. The molecule has 0 amide bonds. The van der Waals surface area contributed by atoms with E-state index in [9.17, 15) is 4.79 Å². The lowest BCUT2D eigenvalue weighted by atomic mass is 10.2. The van der Waals surface area contributed by atoms with Crippen LogP contribution >= 0.6 is 23.1 Å². The highest BCUT2D eigenvalue weighted by Crippen LogP contribution is 2.29. The molecule has 2 rings (SSSR count). The Balaban J connectivity index is 1.91.